The van der Waals surface area contributed by atoms with Gasteiger partial charge in [-0.1, -0.05) is 0 Å². The van der Waals surface area contributed by atoms with E-state index in [4.69, 9.17) is 4.74 Å². The van der Waals surface area contributed by atoms with Crippen LogP contribution in [0, 0.1) is 0 Å². The van der Waals surface area contributed by atoms with Gasteiger partial charge in [0, 0.05) is 11.7 Å². The van der Waals surface area contributed by atoms with Gasteiger partial charge in [-0.3, -0.25) is 4.79 Å². The Bertz CT molecular complexity index is 185. The minimum absolute atomic E-state index is 0.00422. The van der Waals surface area contributed by atoms with E-state index in [-0.39, 0.29) is 11.6 Å². The van der Waals surface area contributed by atoms with E-state index in [2.05, 4.69) is 6.26 Å². The largest absolute Gasteiger partial charge is 0.459 e. The molecule has 2 fully saturated rings. The minimum Gasteiger partial charge on any atom is -0.459 e. The van der Waals surface area contributed by atoms with Gasteiger partial charge >= 0.3 is 5.97 Å². The second kappa shape index (κ2) is 2.41. The van der Waals surface area contributed by atoms with Crippen molar-refractivity contribution in [2.75, 3.05) is 6.26 Å². The minimum atomic E-state index is -0.00917. The molecule has 0 unspecified atom stereocenters. The Balaban J connectivity index is 1.92. The van der Waals surface area contributed by atoms with Crippen LogP contribution in [0.15, 0.2) is 0 Å². The van der Waals surface area contributed by atoms with Gasteiger partial charge in [-0.05, 0) is 25.5 Å². The summed E-state index contributed by atoms with van der Waals surface area (Å²) >= 11 is 1.88. The van der Waals surface area contributed by atoms with Crippen molar-refractivity contribution in [3.05, 3.63) is 0 Å². The lowest BCUT2D eigenvalue weighted by Gasteiger charge is -2.42. The maximum Gasteiger partial charge on any atom is 0.306 e. The lowest BCUT2D eigenvalue weighted by atomic mass is 9.78. The molecule has 0 aromatic carbocycles. The highest BCUT2D eigenvalue weighted by Crippen LogP contribution is 2.48. The molecular formula is C8H12O2S. The van der Waals surface area contributed by atoms with E-state index in [9.17, 15) is 4.79 Å². The predicted octanol–water partition coefficient (Wildman–Crippen LogP) is 1.59. The number of hydrogen-bond acceptors (Lipinski definition) is 3. The lowest BCUT2D eigenvalue weighted by Crippen LogP contribution is -2.45. The van der Waals surface area contributed by atoms with Crippen molar-refractivity contribution in [2.45, 2.75) is 36.5 Å². The van der Waals surface area contributed by atoms with Gasteiger partial charge in [0.05, 0.1) is 0 Å². The summed E-state index contributed by atoms with van der Waals surface area (Å²) in [5, 5.41) is 0.737. The predicted molar refractivity (Wildman–Crippen MR) is 44.6 cm³/mol. The van der Waals surface area contributed by atoms with Crippen molar-refractivity contribution in [2.24, 2.45) is 0 Å². The fourth-order valence-corrected chi connectivity index (χ4v) is 2.84. The number of rotatable bonds is 1. The Morgan fingerprint density at radius 2 is 2.36 bits per heavy atom. The van der Waals surface area contributed by atoms with E-state index in [1.807, 2.05) is 11.8 Å². The molecule has 2 nitrogen and oxygen atoms in total. The van der Waals surface area contributed by atoms with Crippen LogP contribution in [-0.2, 0) is 9.53 Å². The molecule has 0 N–H and O–H groups in total. The Kier molecular flexibility index (Phi) is 1.63. The van der Waals surface area contributed by atoms with Crippen LogP contribution in [0.1, 0.15) is 25.7 Å². The number of carbonyl (C=O) groups excluding carboxylic acids is 1. The number of hydrogen-bond donors (Lipinski definition) is 0. The lowest BCUT2D eigenvalue weighted by molar-refractivity contribution is -0.154. The van der Waals surface area contributed by atoms with Gasteiger partial charge < -0.3 is 4.74 Å². The van der Waals surface area contributed by atoms with Gasteiger partial charge in [-0.25, -0.2) is 0 Å². The van der Waals surface area contributed by atoms with Crippen LogP contribution in [0.2, 0.25) is 0 Å². The van der Waals surface area contributed by atoms with Crippen molar-refractivity contribution < 1.29 is 9.53 Å². The monoisotopic (exact) mass is 172 g/mol. The number of esters is 1. The molecular weight excluding hydrogens is 160 g/mol. The molecule has 2 rings (SSSR count). The molecule has 0 atom stereocenters. The van der Waals surface area contributed by atoms with Crippen molar-refractivity contribution in [1.82, 2.24) is 0 Å². The third-order valence-electron chi connectivity index (χ3n) is 2.65. The Morgan fingerprint density at radius 3 is 2.82 bits per heavy atom. The third kappa shape index (κ3) is 1.15. The maximum atomic E-state index is 10.8. The first kappa shape index (κ1) is 7.47. The summed E-state index contributed by atoms with van der Waals surface area (Å²) in [6.45, 7) is 0. The first-order valence-electron chi connectivity index (χ1n) is 3.99. The summed E-state index contributed by atoms with van der Waals surface area (Å²) in [6, 6.07) is 0. The fourth-order valence-electron chi connectivity index (χ4n) is 1.90. The first-order valence-corrected chi connectivity index (χ1v) is 5.27. The number of carbonyl (C=O) groups is 1. The van der Waals surface area contributed by atoms with Crippen LogP contribution in [-0.4, -0.2) is 23.1 Å². The quantitative estimate of drug-likeness (QED) is 0.562. The first-order chi connectivity index (χ1) is 5.24. The van der Waals surface area contributed by atoms with E-state index < -0.39 is 0 Å². The summed E-state index contributed by atoms with van der Waals surface area (Å²) in [5.74, 6) is 0.00422. The molecule has 0 aromatic heterocycles. The highest BCUT2D eigenvalue weighted by molar-refractivity contribution is 7.99. The summed E-state index contributed by atoms with van der Waals surface area (Å²) in [7, 11) is 0. The Morgan fingerprint density at radius 1 is 1.64 bits per heavy atom. The van der Waals surface area contributed by atoms with Crippen LogP contribution in [0.4, 0.5) is 0 Å². The van der Waals surface area contributed by atoms with Gasteiger partial charge in [0.15, 0.2) is 0 Å². The van der Waals surface area contributed by atoms with Gasteiger partial charge in [-0.2, -0.15) is 11.8 Å². The third-order valence-corrected chi connectivity index (χ3v) is 3.65. The van der Waals surface area contributed by atoms with Gasteiger partial charge in [0.25, 0.3) is 0 Å². The fraction of sp³-hybridized carbons (Fsp3) is 0.875. The molecule has 1 aliphatic carbocycles. The topological polar surface area (TPSA) is 26.3 Å². The molecule has 1 aliphatic heterocycles. The smallest absolute Gasteiger partial charge is 0.306 e. The summed E-state index contributed by atoms with van der Waals surface area (Å²) in [5.41, 5.74) is -0.00917. The van der Waals surface area contributed by atoms with E-state index in [0.717, 1.165) is 24.5 Å². The zero-order valence-electron chi connectivity index (χ0n) is 6.63. The average Bonchev–Trinajstić information content (AvgIpc) is 2.28. The maximum absolute atomic E-state index is 10.8. The number of ether oxygens (including phenoxy) is 1. The van der Waals surface area contributed by atoms with Crippen LogP contribution >= 0.6 is 11.8 Å². The molecule has 1 spiro atoms. The van der Waals surface area contributed by atoms with E-state index in [0.29, 0.717) is 6.42 Å². The SMILES string of the molecule is CSC1CC2(CCC(=O)O2)C1. The molecule has 0 bridgehead atoms. The van der Waals surface area contributed by atoms with Crippen LogP contribution in [0.3, 0.4) is 0 Å². The molecule has 0 aromatic rings. The van der Waals surface area contributed by atoms with Crippen molar-refractivity contribution in [3.63, 3.8) is 0 Å². The van der Waals surface area contributed by atoms with E-state index >= 15 is 0 Å². The second-order valence-corrected chi connectivity index (χ2v) is 4.56. The highest BCUT2D eigenvalue weighted by atomic mass is 32.2. The molecule has 0 radical (unpaired) electrons. The van der Waals surface area contributed by atoms with Crippen LogP contribution in [0.25, 0.3) is 0 Å². The standard InChI is InChI=1S/C8H12O2S/c1-11-6-4-8(5-6)3-2-7(9)10-8/h6H,2-5H2,1H3. The Labute approximate surface area is 70.7 Å². The number of thioether (sulfide) groups is 1. The molecule has 62 valence electrons. The summed E-state index contributed by atoms with van der Waals surface area (Å²) in [4.78, 5) is 10.8. The van der Waals surface area contributed by atoms with E-state index in [1.54, 1.807) is 0 Å². The molecule has 1 saturated heterocycles. The van der Waals surface area contributed by atoms with Gasteiger partial charge in [0.2, 0.25) is 0 Å². The molecule has 3 heteroatoms. The van der Waals surface area contributed by atoms with Crippen LogP contribution in [0.5, 0.6) is 0 Å². The van der Waals surface area contributed by atoms with Crippen molar-refractivity contribution >= 4 is 17.7 Å². The highest BCUT2D eigenvalue weighted by Gasteiger charge is 2.50. The van der Waals surface area contributed by atoms with Crippen molar-refractivity contribution in [3.8, 4) is 0 Å². The Hall–Kier alpha value is -0.180. The van der Waals surface area contributed by atoms with Gasteiger partial charge in [-0.15, -0.1) is 0 Å². The van der Waals surface area contributed by atoms with Crippen LogP contribution < -0.4 is 0 Å². The normalized spacial score (nSPS) is 42.3. The zero-order chi connectivity index (χ0) is 7.90. The molecule has 0 amide bonds. The average molecular weight is 172 g/mol. The molecule has 2 aliphatic rings. The molecule has 1 saturated carbocycles. The summed E-state index contributed by atoms with van der Waals surface area (Å²) in [6.07, 6.45) is 5.89. The zero-order valence-corrected chi connectivity index (χ0v) is 7.45. The summed E-state index contributed by atoms with van der Waals surface area (Å²) < 4.78 is 5.26. The van der Waals surface area contributed by atoms with Gasteiger partial charge in [0.1, 0.15) is 5.60 Å². The molecule has 11 heavy (non-hydrogen) atoms. The van der Waals surface area contributed by atoms with Crippen molar-refractivity contribution in [1.29, 1.82) is 0 Å². The second-order valence-electron chi connectivity index (χ2n) is 3.42. The van der Waals surface area contributed by atoms with E-state index in [1.165, 1.54) is 0 Å². The molecule has 1 heterocycles.